The minimum atomic E-state index is -0.571. The predicted octanol–water partition coefficient (Wildman–Crippen LogP) is 4.38. The van der Waals surface area contributed by atoms with Gasteiger partial charge in [0.2, 0.25) is 0 Å². The first-order valence-corrected chi connectivity index (χ1v) is 9.46. The van der Waals surface area contributed by atoms with Crippen LogP contribution in [0.3, 0.4) is 0 Å². The highest BCUT2D eigenvalue weighted by Gasteiger charge is 2.21. The van der Waals surface area contributed by atoms with E-state index >= 15 is 0 Å². The summed E-state index contributed by atoms with van der Waals surface area (Å²) in [5.41, 5.74) is 3.33. The third kappa shape index (κ3) is 4.54. The molecule has 2 aromatic rings. The van der Waals surface area contributed by atoms with E-state index in [1.165, 1.54) is 24.0 Å². The molecule has 0 bridgehead atoms. The van der Waals surface area contributed by atoms with Crippen LogP contribution >= 0.6 is 0 Å². The molecule has 1 aliphatic carbocycles. The number of methoxy groups -OCH3 is 2. The summed E-state index contributed by atoms with van der Waals surface area (Å²) in [6, 6.07) is 11.5. The van der Waals surface area contributed by atoms with Crippen LogP contribution in [0.4, 0.5) is 5.69 Å². The van der Waals surface area contributed by atoms with Crippen LogP contribution in [0.2, 0.25) is 0 Å². The smallest absolute Gasteiger partial charge is 0.265 e. The molecule has 0 spiro atoms. The fourth-order valence-electron chi connectivity index (χ4n) is 3.38. The molecule has 1 aliphatic rings. The Balaban J connectivity index is 1.71. The van der Waals surface area contributed by atoms with E-state index in [-0.39, 0.29) is 5.91 Å². The number of fused-ring (bicyclic) bond motifs is 1. The van der Waals surface area contributed by atoms with Crippen LogP contribution in [0.5, 0.6) is 17.2 Å². The number of hydrogen-bond acceptors (Lipinski definition) is 4. The zero-order valence-corrected chi connectivity index (χ0v) is 16.2. The third-order valence-corrected chi connectivity index (χ3v) is 4.93. The molecule has 1 atom stereocenters. The van der Waals surface area contributed by atoms with Crippen molar-refractivity contribution in [3.8, 4) is 17.2 Å². The number of amides is 1. The maximum absolute atomic E-state index is 12.7. The molecule has 0 radical (unpaired) electrons. The van der Waals surface area contributed by atoms with Crippen LogP contribution in [0.15, 0.2) is 36.4 Å². The number of rotatable bonds is 7. The minimum absolute atomic E-state index is 0.196. The van der Waals surface area contributed by atoms with Crippen molar-refractivity contribution in [3.63, 3.8) is 0 Å². The Morgan fingerprint density at radius 2 is 1.74 bits per heavy atom. The molecular weight excluding hydrogens is 342 g/mol. The maximum atomic E-state index is 12.7. The van der Waals surface area contributed by atoms with Crippen molar-refractivity contribution >= 4 is 11.6 Å². The maximum Gasteiger partial charge on any atom is 0.265 e. The van der Waals surface area contributed by atoms with Crippen molar-refractivity contribution in [2.24, 2.45) is 0 Å². The molecule has 0 fully saturated rings. The number of hydrogen-bond donors (Lipinski definition) is 1. The Bertz CT molecular complexity index is 803. The average Bonchev–Trinajstić information content (AvgIpc) is 2.72. The summed E-state index contributed by atoms with van der Waals surface area (Å²) in [6.07, 6.45) is 4.67. The number of carbonyl (C=O) groups excluding carboxylic acids is 1. The molecule has 0 aliphatic heterocycles. The highest BCUT2D eigenvalue weighted by Crippen LogP contribution is 2.30. The second-order valence-electron chi connectivity index (χ2n) is 6.71. The molecule has 3 rings (SSSR count). The monoisotopic (exact) mass is 369 g/mol. The van der Waals surface area contributed by atoms with Crippen LogP contribution < -0.4 is 19.5 Å². The normalized spacial score (nSPS) is 14.0. The van der Waals surface area contributed by atoms with Crippen LogP contribution in [0, 0.1) is 0 Å². The Morgan fingerprint density at radius 3 is 2.44 bits per heavy atom. The number of carbonyl (C=O) groups is 1. The first-order valence-electron chi connectivity index (χ1n) is 9.46. The highest BCUT2D eigenvalue weighted by molar-refractivity contribution is 5.95. The summed E-state index contributed by atoms with van der Waals surface area (Å²) in [7, 11) is 3.15. The fraction of sp³-hybridized carbons (Fsp3) is 0.409. The van der Waals surface area contributed by atoms with Gasteiger partial charge >= 0.3 is 0 Å². The van der Waals surface area contributed by atoms with Crippen molar-refractivity contribution in [3.05, 3.63) is 47.5 Å². The molecule has 1 unspecified atom stereocenters. The molecule has 0 saturated heterocycles. The summed E-state index contributed by atoms with van der Waals surface area (Å²) >= 11 is 0. The van der Waals surface area contributed by atoms with Gasteiger partial charge in [0.1, 0.15) is 17.2 Å². The van der Waals surface area contributed by atoms with Gasteiger partial charge in [-0.15, -0.1) is 0 Å². The molecule has 1 N–H and O–H groups in total. The molecule has 0 heterocycles. The van der Waals surface area contributed by atoms with E-state index in [9.17, 15) is 4.79 Å². The lowest BCUT2D eigenvalue weighted by atomic mass is 9.92. The van der Waals surface area contributed by atoms with Crippen molar-refractivity contribution < 1.29 is 19.0 Å². The standard InChI is InChI=1S/C22H27NO4/c1-4-20(27-18-10-9-15-7-5-6-8-16(15)13-18)22(24)23-19-12-11-17(25-2)14-21(19)26-3/h9-14,20H,4-8H2,1-3H3,(H,23,24). The zero-order chi connectivity index (χ0) is 19.2. The lowest BCUT2D eigenvalue weighted by Gasteiger charge is -2.21. The summed E-state index contributed by atoms with van der Waals surface area (Å²) in [6.45, 7) is 1.94. The average molecular weight is 369 g/mol. The second-order valence-corrected chi connectivity index (χ2v) is 6.71. The van der Waals surface area contributed by atoms with E-state index in [2.05, 4.69) is 17.4 Å². The Kier molecular flexibility index (Phi) is 6.22. The van der Waals surface area contributed by atoms with Crippen molar-refractivity contribution in [2.75, 3.05) is 19.5 Å². The third-order valence-electron chi connectivity index (χ3n) is 4.93. The lowest BCUT2D eigenvalue weighted by molar-refractivity contribution is -0.122. The Morgan fingerprint density at radius 1 is 1.00 bits per heavy atom. The second kappa shape index (κ2) is 8.80. The van der Waals surface area contributed by atoms with Gasteiger partial charge in [0.05, 0.1) is 19.9 Å². The van der Waals surface area contributed by atoms with Gasteiger partial charge in [0.15, 0.2) is 6.10 Å². The van der Waals surface area contributed by atoms with E-state index in [1.54, 1.807) is 32.4 Å². The molecule has 27 heavy (non-hydrogen) atoms. The fourth-order valence-corrected chi connectivity index (χ4v) is 3.38. The van der Waals surface area contributed by atoms with Gasteiger partial charge in [-0.25, -0.2) is 0 Å². The predicted molar refractivity (Wildman–Crippen MR) is 106 cm³/mol. The van der Waals surface area contributed by atoms with Gasteiger partial charge < -0.3 is 19.5 Å². The van der Waals surface area contributed by atoms with Crippen molar-refractivity contribution in [2.45, 2.75) is 45.1 Å². The molecule has 2 aromatic carbocycles. The Hall–Kier alpha value is -2.69. The molecular formula is C22H27NO4. The highest BCUT2D eigenvalue weighted by atomic mass is 16.5. The summed E-state index contributed by atoms with van der Waals surface area (Å²) in [4.78, 5) is 12.7. The van der Waals surface area contributed by atoms with Crippen LogP contribution in [-0.4, -0.2) is 26.2 Å². The first-order chi connectivity index (χ1) is 13.1. The molecule has 5 nitrogen and oxygen atoms in total. The first kappa shape index (κ1) is 19.1. The van der Waals surface area contributed by atoms with Gasteiger partial charge in [0, 0.05) is 6.07 Å². The summed E-state index contributed by atoms with van der Waals surface area (Å²) in [5.74, 6) is 1.77. The number of anilines is 1. The van der Waals surface area contributed by atoms with Crippen LogP contribution in [0.25, 0.3) is 0 Å². The molecule has 5 heteroatoms. The van der Waals surface area contributed by atoms with Crippen LogP contribution in [0.1, 0.15) is 37.3 Å². The number of ether oxygens (including phenoxy) is 3. The van der Waals surface area contributed by atoms with E-state index < -0.39 is 6.10 Å². The zero-order valence-electron chi connectivity index (χ0n) is 16.2. The van der Waals surface area contributed by atoms with E-state index in [0.717, 1.165) is 18.6 Å². The quantitative estimate of drug-likeness (QED) is 0.787. The number of nitrogens with one attached hydrogen (secondary N) is 1. The van der Waals surface area contributed by atoms with Gasteiger partial charge in [-0.1, -0.05) is 13.0 Å². The van der Waals surface area contributed by atoms with E-state index in [0.29, 0.717) is 23.6 Å². The van der Waals surface area contributed by atoms with E-state index in [1.807, 2.05) is 13.0 Å². The molecule has 144 valence electrons. The van der Waals surface area contributed by atoms with E-state index in [4.69, 9.17) is 14.2 Å². The SMILES string of the molecule is CCC(Oc1ccc2c(c1)CCCC2)C(=O)Nc1ccc(OC)cc1OC. The molecule has 0 saturated carbocycles. The topological polar surface area (TPSA) is 56.8 Å². The lowest BCUT2D eigenvalue weighted by Crippen LogP contribution is -2.32. The number of benzene rings is 2. The van der Waals surface area contributed by atoms with Crippen LogP contribution in [-0.2, 0) is 17.6 Å². The molecule has 1 amide bonds. The van der Waals surface area contributed by atoms with Gasteiger partial charge in [-0.05, 0) is 67.5 Å². The van der Waals surface area contributed by atoms with Gasteiger partial charge in [-0.3, -0.25) is 4.79 Å². The summed E-state index contributed by atoms with van der Waals surface area (Å²) < 4.78 is 16.5. The number of aryl methyl sites for hydroxylation is 2. The van der Waals surface area contributed by atoms with Gasteiger partial charge in [0.25, 0.3) is 5.91 Å². The molecule has 0 aromatic heterocycles. The van der Waals surface area contributed by atoms with Crippen molar-refractivity contribution in [1.29, 1.82) is 0 Å². The van der Waals surface area contributed by atoms with Gasteiger partial charge in [-0.2, -0.15) is 0 Å². The largest absolute Gasteiger partial charge is 0.497 e. The van der Waals surface area contributed by atoms with Crippen molar-refractivity contribution in [1.82, 2.24) is 0 Å². The minimum Gasteiger partial charge on any atom is -0.497 e. The Labute approximate surface area is 160 Å². The summed E-state index contributed by atoms with van der Waals surface area (Å²) in [5, 5.41) is 2.90.